The van der Waals surface area contributed by atoms with Crippen LogP contribution in [0.4, 0.5) is 78.1 Å². The van der Waals surface area contributed by atoms with E-state index in [1.165, 1.54) is 59.7 Å². The zero-order chi connectivity index (χ0) is 92.4. The van der Waals surface area contributed by atoms with Crippen molar-refractivity contribution >= 4 is 86.0 Å². The van der Waals surface area contributed by atoms with E-state index >= 15 is 0 Å². The Morgan fingerprint density at radius 2 is 0.819 bits per heavy atom. The zero-order valence-electron chi connectivity index (χ0n) is 71.3. The molecule has 31 nitrogen and oxygen atoms in total. The number of nitrogens with zero attached hydrogens (tertiary/aromatic N) is 20. The molecular weight excluding hydrogens is 1680 g/mol. The van der Waals surface area contributed by atoms with Crippen LogP contribution in [0.2, 0.25) is 0 Å². The van der Waals surface area contributed by atoms with Crippen molar-refractivity contribution in [3.63, 3.8) is 0 Å². The summed E-state index contributed by atoms with van der Waals surface area (Å²) in [5.74, 6) is 0.221. The van der Waals surface area contributed by atoms with E-state index in [-0.39, 0.29) is 68.5 Å². The molecule has 15 rings (SSSR count). The fraction of sp³-hybridized carbons (Fsp3) is 0.384. The number of nitrogen functional groups attached to an aromatic ring is 1. The molecule has 41 heteroatoms. The van der Waals surface area contributed by atoms with Crippen LogP contribution in [0.5, 0.6) is 0 Å². The van der Waals surface area contributed by atoms with Crippen LogP contribution in [0.1, 0.15) is 134 Å². The number of nitrogens with two attached hydrogens (primary N) is 1. The van der Waals surface area contributed by atoms with Crippen molar-refractivity contribution in [3.8, 4) is 35.7 Å². The smallest absolute Gasteiger partial charge is 0.410 e. The van der Waals surface area contributed by atoms with Gasteiger partial charge in [0, 0.05) is 68.4 Å². The third kappa shape index (κ3) is 22.0. The molecule has 0 spiro atoms. The van der Waals surface area contributed by atoms with Gasteiger partial charge in [0.25, 0.3) is 16.7 Å². The fourth-order valence-electron chi connectivity index (χ4n) is 13.8. The summed E-state index contributed by atoms with van der Waals surface area (Å²) in [7, 11) is 0. The van der Waals surface area contributed by atoms with E-state index in [1.54, 1.807) is 115 Å². The highest BCUT2D eigenvalue weighted by atomic mass is 32.2. The Labute approximate surface area is 725 Å². The topological polar surface area (TPSA) is 389 Å². The molecule has 0 radical (unpaired) electrons. The summed E-state index contributed by atoms with van der Waals surface area (Å²) >= 11 is 1.19. The number of nitrogens with one attached hydrogen (secondary N) is 3. The van der Waals surface area contributed by atoms with Crippen molar-refractivity contribution in [3.05, 3.63) is 209 Å². The Kier molecular flexibility index (Phi) is 26.3. The molecule has 127 heavy (non-hydrogen) atoms. The van der Waals surface area contributed by atoms with Crippen LogP contribution in [0.25, 0.3) is 50.6 Å². The highest BCUT2D eigenvalue weighted by Gasteiger charge is 2.38. The molecule has 0 bridgehead atoms. The minimum atomic E-state index is -4.72. The lowest BCUT2D eigenvalue weighted by atomic mass is 9.91. The third-order valence-electron chi connectivity index (χ3n) is 20.2. The Morgan fingerprint density at radius 3 is 1.19 bits per heavy atom. The molecule has 0 atom stereocenters. The summed E-state index contributed by atoms with van der Waals surface area (Å²) in [6.07, 6.45) is -6.96. The molecule has 3 aliphatic heterocycles. The standard InChI is InChI=1S/C30H31F3N8O3.C25H23F3N8O.C17H15F3N6OS.C14H20N2O2/c1-28(2,3)44-27(43)39-12-11-18-9-10-20(13-19(18)15-39)36-26-35-14-21-24(38-26)41(40(25(21)42)17-30(31,32)33)23-8-6-7-22(37-23)29(4,5)16-34;1-24(2,13-29)19-4-3-5-20(33-19)36-21-18(22(37)35(36)14-25(26,27)28)12-31-23(34-21)32-17-7-6-15-8-9-30-11-16(15)10-17;1-16(2,8-21)11-5-4-6-12(23-11)26-13-10(7-22-15(24-13)28-3)14(27)25(26)9-17(18,19)20;1-14(2,3)18-13(17)16-7-6-10-4-5-12(15)8-11(10)9-16/h6-10,13-14H,11-12,15,17H2,1-5H3,(H,35,36,38);3-7,10,12,30H,8-9,11,14H2,1-2H3,(H,31,32,34);4-7H,9H2,1-3H3;4-5,8H,6-7,9,15H2,1-3H3. The Hall–Kier alpha value is -13.8. The third-order valence-corrected chi connectivity index (χ3v) is 20.7. The van der Waals surface area contributed by atoms with E-state index in [9.17, 15) is 79.3 Å². The Balaban J connectivity index is 0.000000160. The van der Waals surface area contributed by atoms with E-state index in [1.807, 2.05) is 75.4 Å². The van der Waals surface area contributed by atoms with Crippen molar-refractivity contribution in [2.24, 2.45) is 0 Å². The second-order valence-electron chi connectivity index (χ2n) is 33.7. The zero-order valence-corrected chi connectivity index (χ0v) is 72.1. The molecule has 3 aliphatic rings. The average Bonchev–Trinajstić information content (AvgIpc) is 1.61. The van der Waals surface area contributed by atoms with E-state index in [2.05, 4.69) is 79.0 Å². The number of halogens is 9. The number of amides is 2. The number of rotatable bonds is 14. The van der Waals surface area contributed by atoms with Gasteiger partial charge in [0.2, 0.25) is 11.9 Å². The lowest BCUT2D eigenvalue weighted by Gasteiger charge is -2.31. The summed E-state index contributed by atoms with van der Waals surface area (Å²) in [6, 6.07) is 37.5. The maximum Gasteiger partial charge on any atom is 0.410 e. The van der Waals surface area contributed by atoms with Crippen LogP contribution in [0.15, 0.2) is 147 Å². The Morgan fingerprint density at radius 1 is 0.465 bits per heavy atom. The van der Waals surface area contributed by atoms with Crippen LogP contribution >= 0.6 is 11.8 Å². The van der Waals surface area contributed by atoms with Gasteiger partial charge in [-0.1, -0.05) is 48.2 Å². The van der Waals surface area contributed by atoms with E-state index in [0.717, 1.165) is 67.9 Å². The highest BCUT2D eigenvalue weighted by molar-refractivity contribution is 7.98. The molecule has 12 heterocycles. The lowest BCUT2D eigenvalue weighted by molar-refractivity contribution is -0.144. The number of ether oxygens (including phenoxy) is 2. The number of hydrogen-bond donors (Lipinski definition) is 4. The normalized spacial score (nSPS) is 13.7. The number of hydrogen-bond acceptors (Lipinski definition) is 24. The lowest BCUT2D eigenvalue weighted by Crippen LogP contribution is -2.39. The Bertz CT molecular complexity index is 6530. The second kappa shape index (κ2) is 36.1. The van der Waals surface area contributed by atoms with Crippen molar-refractivity contribution < 1.29 is 58.6 Å². The summed E-state index contributed by atoms with van der Waals surface area (Å²) in [4.78, 5) is 105. The molecule has 664 valence electrons. The predicted octanol–water partition coefficient (Wildman–Crippen LogP) is 14.7. The first-order chi connectivity index (χ1) is 59.5. The average molecular weight is 1770 g/mol. The molecule has 2 amide bonds. The van der Waals surface area contributed by atoms with Crippen LogP contribution < -0.4 is 38.4 Å². The summed E-state index contributed by atoms with van der Waals surface area (Å²) in [6.45, 7) is 20.0. The molecule has 9 aromatic heterocycles. The molecular formula is C86H89F9N24O7S. The molecule has 0 saturated carbocycles. The van der Waals surface area contributed by atoms with E-state index < -0.39 is 88.4 Å². The van der Waals surface area contributed by atoms with Gasteiger partial charge in [-0.15, -0.1) is 0 Å². The first-order valence-corrected chi connectivity index (χ1v) is 40.9. The van der Waals surface area contributed by atoms with E-state index in [4.69, 9.17) is 15.2 Å². The summed E-state index contributed by atoms with van der Waals surface area (Å²) < 4.78 is 136. The van der Waals surface area contributed by atoms with Gasteiger partial charge in [-0.25, -0.2) is 72.6 Å². The number of anilines is 5. The van der Waals surface area contributed by atoms with Gasteiger partial charge < -0.3 is 41.0 Å². The van der Waals surface area contributed by atoms with Crippen LogP contribution in [0.3, 0.4) is 0 Å². The van der Waals surface area contributed by atoms with Gasteiger partial charge >= 0.3 is 30.7 Å². The van der Waals surface area contributed by atoms with Gasteiger partial charge in [0.05, 0.1) is 51.5 Å². The number of carbonyl (C=O) groups excluding carboxylic acids is 2. The SMILES string of the molecule is CC(C)(C#N)c1cccc(-n2c3nc(Nc4ccc5c(c4)CNCC5)ncc3c(=O)n2CC(F)(F)F)n1.CC(C)(C)OC(=O)N1CCc2ccc(N)cc2C1.CC(C)(C)OC(=O)N1CCc2ccc(Nc3ncc4c(=O)n(CC(F)(F)F)n(-c5cccc(C(C)(C)C#N)n5)c4n3)cc2C1.CSc1ncc2c(=O)n(CC(F)(F)F)n(-c3cccc(C(C)(C)C#N)n3)c2n1. The molecule has 0 aliphatic carbocycles. The van der Waals surface area contributed by atoms with Gasteiger partial charge in [0.1, 0.15) is 47.0 Å². The minimum absolute atomic E-state index is 0.0113. The molecule has 3 aromatic carbocycles. The number of fused-ring (bicyclic) bond motifs is 6. The van der Waals surface area contributed by atoms with Crippen LogP contribution in [0, 0.1) is 34.0 Å². The monoisotopic (exact) mass is 1770 g/mol. The number of thioether (sulfide) groups is 1. The van der Waals surface area contributed by atoms with Crippen molar-refractivity contribution in [1.29, 1.82) is 15.8 Å². The van der Waals surface area contributed by atoms with Crippen molar-refractivity contribution in [1.82, 2.24) is 88.1 Å². The van der Waals surface area contributed by atoms with Gasteiger partial charge in [0.15, 0.2) is 39.6 Å². The fourth-order valence-corrected chi connectivity index (χ4v) is 14.1. The molecule has 0 saturated heterocycles. The predicted molar refractivity (Wildman–Crippen MR) is 455 cm³/mol. The van der Waals surface area contributed by atoms with Gasteiger partial charge in [-0.3, -0.25) is 14.4 Å². The van der Waals surface area contributed by atoms with Gasteiger partial charge in [-0.05, 0) is 221 Å². The van der Waals surface area contributed by atoms with Gasteiger partial charge in [-0.2, -0.15) is 65.3 Å². The maximum atomic E-state index is 13.6. The number of pyridine rings is 3. The number of aromatic nitrogens is 15. The quantitative estimate of drug-likeness (QED) is 0.0340. The number of carbonyl (C=O) groups is 2. The summed E-state index contributed by atoms with van der Waals surface area (Å²) in [5, 5.41) is 37.9. The maximum absolute atomic E-state index is 13.6. The molecule has 0 fully saturated rings. The van der Waals surface area contributed by atoms with Crippen LogP contribution in [-0.4, -0.2) is 151 Å². The number of nitriles is 3. The number of alkyl halides is 9. The molecule has 0 unspecified atom stereocenters. The molecule has 5 N–H and O–H groups in total. The van der Waals surface area contributed by atoms with E-state index in [0.29, 0.717) is 80.3 Å². The number of benzene rings is 3. The highest BCUT2D eigenvalue weighted by Crippen LogP contribution is 2.34. The first-order valence-electron chi connectivity index (χ1n) is 39.7. The van der Waals surface area contributed by atoms with Crippen molar-refractivity contribution in [2.45, 2.75) is 193 Å². The molecule has 12 aromatic rings. The minimum Gasteiger partial charge on any atom is -0.444 e. The largest absolute Gasteiger partial charge is 0.444 e. The van der Waals surface area contributed by atoms with Crippen LogP contribution in [-0.2, 0) is 84.2 Å². The first kappa shape index (κ1) is 92.4. The van der Waals surface area contributed by atoms with Crippen molar-refractivity contribution in [2.75, 3.05) is 42.3 Å². The summed E-state index contributed by atoms with van der Waals surface area (Å²) in [5.41, 5.74) is 8.63. The second-order valence-corrected chi connectivity index (χ2v) is 34.4.